The third-order valence-corrected chi connectivity index (χ3v) is 9.74. The minimum absolute atomic E-state index is 0.0463. The molecule has 0 heterocycles. The van der Waals surface area contributed by atoms with Gasteiger partial charge in [-0.25, -0.2) is 12.8 Å². The first kappa shape index (κ1) is 35.6. The largest absolute Gasteiger partial charge is 0.494 e. The molecule has 4 aromatic rings. The number of nitrogens with zero attached hydrogens (tertiary/aromatic N) is 2. The zero-order chi connectivity index (χ0) is 33.8. The molecule has 0 aliphatic heterocycles. The molecule has 0 bridgehead atoms. The van der Waals surface area contributed by atoms with Crippen LogP contribution in [0, 0.1) is 5.82 Å². The number of rotatable bonds is 16. The second-order valence-electron chi connectivity index (χ2n) is 10.9. The molecule has 0 spiro atoms. The molecule has 4 aromatic carbocycles. The van der Waals surface area contributed by atoms with Crippen molar-refractivity contribution in [1.82, 2.24) is 10.2 Å². The number of sulfonamides is 1. The van der Waals surface area contributed by atoms with E-state index in [2.05, 4.69) is 21.2 Å². The Balaban J connectivity index is 1.79. The molecule has 47 heavy (non-hydrogen) atoms. The first-order chi connectivity index (χ1) is 22.6. The maximum Gasteiger partial charge on any atom is 0.264 e. The number of carbonyl (C=O) groups excluding carboxylic acids is 2. The highest BCUT2D eigenvalue weighted by Gasteiger charge is 2.34. The Morgan fingerprint density at radius 1 is 0.894 bits per heavy atom. The summed E-state index contributed by atoms with van der Waals surface area (Å²) < 4.78 is 49.3. The SMILES string of the molecule is CCCCNC(=O)[C@H](Cc1ccccc1)N(Cc1cccc(Br)c1)C(=O)CN(c1ccc(OCC)cc1)S(=O)(=O)c1ccc(F)cc1. The van der Waals surface area contributed by atoms with E-state index in [0.717, 1.165) is 57.0 Å². The lowest BCUT2D eigenvalue weighted by molar-refractivity contribution is -0.140. The predicted molar refractivity (Wildman–Crippen MR) is 185 cm³/mol. The van der Waals surface area contributed by atoms with E-state index in [0.29, 0.717) is 18.9 Å². The zero-order valence-electron chi connectivity index (χ0n) is 26.4. The van der Waals surface area contributed by atoms with Gasteiger partial charge < -0.3 is 15.0 Å². The fourth-order valence-electron chi connectivity index (χ4n) is 5.03. The highest BCUT2D eigenvalue weighted by molar-refractivity contribution is 9.10. The van der Waals surface area contributed by atoms with Gasteiger partial charge in [-0.15, -0.1) is 0 Å². The van der Waals surface area contributed by atoms with Crippen LogP contribution in [0.3, 0.4) is 0 Å². The van der Waals surface area contributed by atoms with Crippen LogP contribution in [0.5, 0.6) is 5.75 Å². The van der Waals surface area contributed by atoms with Crippen molar-refractivity contribution in [3.05, 3.63) is 125 Å². The standard InChI is InChI=1S/C36H39BrFN3O5S/c1-3-5-22-39-36(43)34(24-27-10-7-6-8-11-27)40(25-28-12-9-13-29(37)23-28)35(42)26-41(31-16-18-32(19-17-31)46-4-2)47(44,45)33-20-14-30(38)15-21-33/h6-21,23,34H,3-5,22,24-26H2,1-2H3,(H,39,43)/t34-/m0/s1. The monoisotopic (exact) mass is 723 g/mol. The molecule has 0 fully saturated rings. The molecular formula is C36H39BrFN3O5S. The van der Waals surface area contributed by atoms with E-state index in [9.17, 15) is 22.4 Å². The predicted octanol–water partition coefficient (Wildman–Crippen LogP) is 6.74. The normalized spacial score (nSPS) is 11.8. The van der Waals surface area contributed by atoms with E-state index in [4.69, 9.17) is 4.74 Å². The van der Waals surface area contributed by atoms with Crippen LogP contribution < -0.4 is 14.4 Å². The molecule has 0 saturated carbocycles. The summed E-state index contributed by atoms with van der Waals surface area (Å²) in [6.07, 6.45) is 1.86. The smallest absolute Gasteiger partial charge is 0.264 e. The second-order valence-corrected chi connectivity index (χ2v) is 13.7. The first-order valence-electron chi connectivity index (χ1n) is 15.5. The van der Waals surface area contributed by atoms with Crippen molar-refractivity contribution in [3.63, 3.8) is 0 Å². The molecule has 2 amide bonds. The minimum Gasteiger partial charge on any atom is -0.494 e. The summed E-state index contributed by atoms with van der Waals surface area (Å²) in [4.78, 5) is 29.6. The van der Waals surface area contributed by atoms with Crippen LogP contribution in [0.2, 0.25) is 0 Å². The first-order valence-corrected chi connectivity index (χ1v) is 17.7. The Morgan fingerprint density at radius 3 is 2.21 bits per heavy atom. The molecule has 0 saturated heterocycles. The van der Waals surface area contributed by atoms with Gasteiger partial charge in [0, 0.05) is 24.0 Å². The number of halogens is 2. The lowest BCUT2D eigenvalue weighted by Crippen LogP contribution is -2.53. The van der Waals surface area contributed by atoms with Gasteiger partial charge in [-0.05, 0) is 85.1 Å². The van der Waals surface area contributed by atoms with Crippen LogP contribution in [-0.4, -0.2) is 50.9 Å². The van der Waals surface area contributed by atoms with Crippen molar-refractivity contribution in [2.45, 2.75) is 50.6 Å². The van der Waals surface area contributed by atoms with Crippen molar-refractivity contribution >= 4 is 43.5 Å². The van der Waals surface area contributed by atoms with Crippen molar-refractivity contribution in [2.24, 2.45) is 0 Å². The summed E-state index contributed by atoms with van der Waals surface area (Å²) in [7, 11) is -4.36. The van der Waals surface area contributed by atoms with Gasteiger partial charge in [0.2, 0.25) is 11.8 Å². The molecule has 0 aliphatic carbocycles. The van der Waals surface area contributed by atoms with Crippen LogP contribution in [0.15, 0.2) is 112 Å². The quantitative estimate of drug-likeness (QED) is 0.129. The van der Waals surface area contributed by atoms with Gasteiger partial charge in [0.1, 0.15) is 24.2 Å². The van der Waals surface area contributed by atoms with Crippen LogP contribution in [0.25, 0.3) is 0 Å². The minimum atomic E-state index is -4.36. The van der Waals surface area contributed by atoms with Crippen LogP contribution in [0.4, 0.5) is 10.1 Å². The Kier molecular flexibility index (Phi) is 12.9. The van der Waals surface area contributed by atoms with Crippen LogP contribution >= 0.6 is 15.9 Å². The average molecular weight is 725 g/mol. The van der Waals surface area contributed by atoms with Gasteiger partial charge in [0.05, 0.1) is 17.2 Å². The van der Waals surface area contributed by atoms with Gasteiger partial charge >= 0.3 is 0 Å². The van der Waals surface area contributed by atoms with Crippen molar-refractivity contribution in [2.75, 3.05) is 24.0 Å². The van der Waals surface area contributed by atoms with E-state index in [1.165, 1.54) is 4.90 Å². The molecule has 4 rings (SSSR count). The molecular weight excluding hydrogens is 685 g/mol. The summed E-state index contributed by atoms with van der Waals surface area (Å²) >= 11 is 3.49. The highest BCUT2D eigenvalue weighted by atomic mass is 79.9. The van der Waals surface area contributed by atoms with Gasteiger partial charge in [0.25, 0.3) is 10.0 Å². The number of unbranched alkanes of at least 4 members (excludes halogenated alkanes) is 1. The van der Waals surface area contributed by atoms with Gasteiger partial charge in [-0.1, -0.05) is 71.7 Å². The number of amides is 2. The molecule has 0 aromatic heterocycles. The van der Waals surface area contributed by atoms with E-state index in [1.807, 2.05) is 68.4 Å². The van der Waals surface area contributed by atoms with E-state index < -0.39 is 34.3 Å². The summed E-state index contributed by atoms with van der Waals surface area (Å²) in [5.41, 5.74) is 1.80. The van der Waals surface area contributed by atoms with E-state index in [1.54, 1.807) is 24.3 Å². The molecule has 8 nitrogen and oxygen atoms in total. The Hall–Kier alpha value is -4.22. The number of benzene rings is 4. The molecule has 1 N–H and O–H groups in total. The zero-order valence-corrected chi connectivity index (χ0v) is 28.8. The Morgan fingerprint density at radius 2 is 1.57 bits per heavy atom. The summed E-state index contributed by atoms with van der Waals surface area (Å²) in [6, 6.07) is 26.6. The molecule has 0 aliphatic rings. The number of hydrogen-bond acceptors (Lipinski definition) is 5. The van der Waals surface area contributed by atoms with Crippen LogP contribution in [-0.2, 0) is 32.6 Å². The third kappa shape index (κ3) is 9.89. The second kappa shape index (κ2) is 17.1. The average Bonchev–Trinajstić information content (AvgIpc) is 3.06. The van der Waals surface area contributed by atoms with E-state index >= 15 is 0 Å². The summed E-state index contributed by atoms with van der Waals surface area (Å²) in [5.74, 6) is -0.980. The molecule has 1 atom stereocenters. The summed E-state index contributed by atoms with van der Waals surface area (Å²) in [5, 5.41) is 2.98. The molecule has 11 heteroatoms. The van der Waals surface area contributed by atoms with Gasteiger partial charge in [-0.2, -0.15) is 0 Å². The van der Waals surface area contributed by atoms with Crippen molar-refractivity contribution in [3.8, 4) is 5.75 Å². The lowest BCUT2D eigenvalue weighted by atomic mass is 10.0. The number of nitrogens with one attached hydrogen (secondary N) is 1. The fourth-order valence-corrected chi connectivity index (χ4v) is 6.89. The topological polar surface area (TPSA) is 96.0 Å². The lowest BCUT2D eigenvalue weighted by Gasteiger charge is -2.34. The highest BCUT2D eigenvalue weighted by Crippen LogP contribution is 2.27. The summed E-state index contributed by atoms with van der Waals surface area (Å²) in [6.45, 7) is 4.15. The Labute approximate surface area is 284 Å². The maximum atomic E-state index is 14.5. The number of anilines is 1. The number of ether oxygens (including phenoxy) is 1. The maximum absolute atomic E-state index is 14.5. The number of hydrogen-bond donors (Lipinski definition) is 1. The Bertz CT molecular complexity index is 1720. The number of carbonyl (C=O) groups is 2. The fraction of sp³-hybridized carbons (Fsp3) is 0.278. The molecule has 0 unspecified atom stereocenters. The third-order valence-electron chi connectivity index (χ3n) is 7.46. The molecule has 248 valence electrons. The van der Waals surface area contributed by atoms with Crippen molar-refractivity contribution in [1.29, 1.82) is 0 Å². The van der Waals surface area contributed by atoms with Gasteiger partial charge in [-0.3, -0.25) is 13.9 Å². The molecule has 0 radical (unpaired) electrons. The van der Waals surface area contributed by atoms with Crippen LogP contribution in [0.1, 0.15) is 37.8 Å². The van der Waals surface area contributed by atoms with Gasteiger partial charge in [0.15, 0.2) is 0 Å². The van der Waals surface area contributed by atoms with Crippen molar-refractivity contribution < 1.29 is 27.1 Å². The van der Waals surface area contributed by atoms with E-state index in [-0.39, 0.29) is 29.5 Å².